The molecule has 4 rings (SSSR count). The van der Waals surface area contributed by atoms with E-state index in [-0.39, 0.29) is 11.9 Å². The maximum atomic E-state index is 12.5. The maximum absolute atomic E-state index is 12.5. The first kappa shape index (κ1) is 14.3. The Labute approximate surface area is 133 Å². The van der Waals surface area contributed by atoms with E-state index in [2.05, 4.69) is 32.4 Å². The molecule has 1 saturated heterocycles. The molecule has 2 aromatic heterocycles. The summed E-state index contributed by atoms with van der Waals surface area (Å²) in [5.74, 6) is 0.941. The molecule has 0 spiro atoms. The van der Waals surface area contributed by atoms with Crippen molar-refractivity contribution in [3.63, 3.8) is 0 Å². The van der Waals surface area contributed by atoms with Gasteiger partial charge in [0, 0.05) is 26.3 Å². The number of nitrogens with zero attached hydrogens (tertiary/aromatic N) is 8. The van der Waals surface area contributed by atoms with Crippen LogP contribution in [0.4, 0.5) is 5.69 Å². The Bertz CT molecular complexity index is 718. The first-order valence-corrected chi connectivity index (χ1v) is 7.94. The Hall–Kier alpha value is -2.29. The second-order valence-corrected chi connectivity index (χ2v) is 6.28. The van der Waals surface area contributed by atoms with Gasteiger partial charge in [-0.25, -0.2) is 4.68 Å². The summed E-state index contributed by atoms with van der Waals surface area (Å²) in [5.41, 5.74) is 0.854. The van der Waals surface area contributed by atoms with Crippen molar-refractivity contribution in [3.05, 3.63) is 18.2 Å². The predicted octanol–water partition coefficient (Wildman–Crippen LogP) is 0.151. The Balaban J connectivity index is 1.47. The normalized spacial score (nSPS) is 21.0. The van der Waals surface area contributed by atoms with Crippen LogP contribution >= 0.6 is 0 Å². The first-order valence-electron chi connectivity index (χ1n) is 7.94. The molecule has 9 nitrogen and oxygen atoms in total. The fourth-order valence-corrected chi connectivity index (χ4v) is 3.06. The van der Waals surface area contributed by atoms with Crippen molar-refractivity contribution in [1.82, 2.24) is 34.9 Å². The number of tetrazole rings is 1. The van der Waals surface area contributed by atoms with Gasteiger partial charge in [-0.05, 0) is 30.2 Å². The molecule has 122 valence electrons. The second-order valence-electron chi connectivity index (χ2n) is 6.28. The summed E-state index contributed by atoms with van der Waals surface area (Å²) < 4.78 is 3.63. The van der Waals surface area contributed by atoms with Crippen LogP contribution < -0.4 is 4.90 Å². The van der Waals surface area contributed by atoms with Gasteiger partial charge in [0.15, 0.2) is 5.82 Å². The van der Waals surface area contributed by atoms with Gasteiger partial charge in [0.1, 0.15) is 0 Å². The van der Waals surface area contributed by atoms with Crippen LogP contribution in [0.25, 0.3) is 0 Å². The number of carbonyl (C=O) groups excluding carboxylic acids is 1. The third-order valence-electron chi connectivity index (χ3n) is 4.59. The number of amides is 1. The van der Waals surface area contributed by atoms with E-state index in [1.165, 1.54) is 0 Å². The first-order chi connectivity index (χ1) is 11.1. The number of carbonyl (C=O) groups is 1. The minimum Gasteiger partial charge on any atom is -0.307 e. The maximum Gasteiger partial charge on any atom is 0.241 e. The summed E-state index contributed by atoms with van der Waals surface area (Å²) in [6.45, 7) is 3.88. The van der Waals surface area contributed by atoms with Gasteiger partial charge in [-0.3, -0.25) is 14.4 Å². The molecule has 0 bridgehead atoms. The predicted molar refractivity (Wildman–Crippen MR) is 81.6 cm³/mol. The highest BCUT2D eigenvalue weighted by molar-refractivity contribution is 5.95. The quantitative estimate of drug-likeness (QED) is 0.798. The Kier molecular flexibility index (Phi) is 3.37. The zero-order chi connectivity index (χ0) is 16.0. The molecular weight excluding hydrogens is 296 g/mol. The van der Waals surface area contributed by atoms with Crippen molar-refractivity contribution in [3.8, 4) is 0 Å². The molecule has 0 radical (unpaired) electrons. The van der Waals surface area contributed by atoms with Gasteiger partial charge in [0.05, 0.1) is 30.5 Å². The Morgan fingerprint density at radius 3 is 2.78 bits per heavy atom. The molecule has 1 aliphatic carbocycles. The highest BCUT2D eigenvalue weighted by Crippen LogP contribution is 2.36. The summed E-state index contributed by atoms with van der Waals surface area (Å²) in [6, 6.07) is 0.473. The average molecular weight is 316 g/mol. The minimum atomic E-state index is 0.0330. The van der Waals surface area contributed by atoms with Crippen molar-refractivity contribution in [2.24, 2.45) is 7.05 Å². The van der Waals surface area contributed by atoms with Gasteiger partial charge < -0.3 is 4.90 Å². The molecule has 0 N–H and O–H groups in total. The van der Waals surface area contributed by atoms with Crippen LogP contribution in [0.1, 0.15) is 37.7 Å². The lowest BCUT2D eigenvalue weighted by Crippen LogP contribution is -2.51. The van der Waals surface area contributed by atoms with Crippen molar-refractivity contribution in [1.29, 1.82) is 0 Å². The third-order valence-corrected chi connectivity index (χ3v) is 4.59. The summed E-state index contributed by atoms with van der Waals surface area (Å²) in [5, 5.41) is 16.2. The third kappa shape index (κ3) is 2.61. The van der Waals surface area contributed by atoms with E-state index in [0.29, 0.717) is 19.1 Å². The molecule has 1 aliphatic heterocycles. The van der Waals surface area contributed by atoms with E-state index < -0.39 is 0 Å². The molecule has 1 amide bonds. The van der Waals surface area contributed by atoms with Gasteiger partial charge >= 0.3 is 0 Å². The monoisotopic (exact) mass is 316 g/mol. The van der Waals surface area contributed by atoms with E-state index in [0.717, 1.165) is 30.9 Å². The molecule has 3 heterocycles. The smallest absolute Gasteiger partial charge is 0.241 e. The van der Waals surface area contributed by atoms with Crippen LogP contribution in [0, 0.1) is 0 Å². The van der Waals surface area contributed by atoms with Gasteiger partial charge in [0.25, 0.3) is 0 Å². The van der Waals surface area contributed by atoms with Crippen LogP contribution in [0.2, 0.25) is 0 Å². The van der Waals surface area contributed by atoms with Gasteiger partial charge in [-0.1, -0.05) is 0 Å². The number of hydrogen-bond acceptors (Lipinski definition) is 6. The lowest BCUT2D eigenvalue weighted by Gasteiger charge is -2.36. The fraction of sp³-hybridized carbons (Fsp3) is 0.643. The number of aromatic nitrogens is 6. The van der Waals surface area contributed by atoms with Crippen molar-refractivity contribution >= 4 is 11.6 Å². The lowest BCUT2D eigenvalue weighted by molar-refractivity contribution is -0.122. The Morgan fingerprint density at radius 1 is 1.30 bits per heavy atom. The second kappa shape index (κ2) is 5.41. The topological polar surface area (TPSA) is 85.0 Å². The molecule has 0 aromatic carbocycles. The number of aryl methyl sites for hydroxylation is 1. The molecule has 0 unspecified atom stereocenters. The molecular formula is C14H20N8O. The zero-order valence-corrected chi connectivity index (χ0v) is 13.3. The van der Waals surface area contributed by atoms with E-state index >= 15 is 0 Å². The molecule has 2 aliphatic rings. The fourth-order valence-electron chi connectivity index (χ4n) is 3.06. The number of hydrogen-bond donors (Lipinski definition) is 0. The van der Waals surface area contributed by atoms with Crippen LogP contribution in [0.3, 0.4) is 0 Å². The van der Waals surface area contributed by atoms with Gasteiger partial charge in [-0.15, -0.1) is 5.10 Å². The van der Waals surface area contributed by atoms with Crippen molar-refractivity contribution in [2.75, 3.05) is 24.5 Å². The molecule has 9 heteroatoms. The number of piperazine rings is 1. The molecule has 1 saturated carbocycles. The lowest BCUT2D eigenvalue weighted by atomic mass is 10.2. The van der Waals surface area contributed by atoms with Gasteiger partial charge in [0.2, 0.25) is 5.91 Å². The van der Waals surface area contributed by atoms with E-state index in [4.69, 9.17) is 0 Å². The summed E-state index contributed by atoms with van der Waals surface area (Å²) >= 11 is 0. The van der Waals surface area contributed by atoms with E-state index in [1.54, 1.807) is 15.8 Å². The highest BCUT2D eigenvalue weighted by atomic mass is 16.2. The number of rotatable bonds is 4. The van der Waals surface area contributed by atoms with Crippen molar-refractivity contribution in [2.45, 2.75) is 31.8 Å². The number of anilines is 1. The Morgan fingerprint density at radius 2 is 2.13 bits per heavy atom. The summed E-state index contributed by atoms with van der Waals surface area (Å²) in [6.07, 6.45) is 5.87. The zero-order valence-electron chi connectivity index (χ0n) is 13.3. The standard InChI is InChI=1S/C14H20N8O/c1-10(14-16-17-18-22(14)11-3-4-11)20-5-6-21(13(23)9-20)12-7-15-19(2)8-12/h7-8,10-11H,3-6,9H2,1-2H3/t10-/m0/s1. The van der Waals surface area contributed by atoms with Gasteiger partial charge in [-0.2, -0.15) is 5.10 Å². The largest absolute Gasteiger partial charge is 0.307 e. The van der Waals surface area contributed by atoms with Crippen LogP contribution in [-0.2, 0) is 11.8 Å². The molecule has 23 heavy (non-hydrogen) atoms. The minimum absolute atomic E-state index is 0.0330. The summed E-state index contributed by atoms with van der Waals surface area (Å²) in [7, 11) is 1.85. The van der Waals surface area contributed by atoms with Crippen molar-refractivity contribution < 1.29 is 4.79 Å². The molecule has 2 fully saturated rings. The van der Waals surface area contributed by atoms with Crippen LogP contribution in [-0.4, -0.2) is 60.4 Å². The van der Waals surface area contributed by atoms with Crippen LogP contribution in [0.5, 0.6) is 0 Å². The average Bonchev–Trinajstić information content (AvgIpc) is 3.11. The molecule has 2 aromatic rings. The van der Waals surface area contributed by atoms with Crippen LogP contribution in [0.15, 0.2) is 12.4 Å². The molecule has 1 atom stereocenters. The SMILES string of the molecule is C[C@@H](c1nnnn1C1CC1)N1CCN(c2cnn(C)c2)C(=O)C1. The summed E-state index contributed by atoms with van der Waals surface area (Å²) in [4.78, 5) is 16.4. The van der Waals surface area contributed by atoms with E-state index in [9.17, 15) is 4.79 Å². The highest BCUT2D eigenvalue weighted by Gasteiger charge is 2.34. The van der Waals surface area contributed by atoms with E-state index in [1.807, 2.05) is 17.9 Å².